The van der Waals surface area contributed by atoms with Crippen molar-refractivity contribution in [3.63, 3.8) is 0 Å². The number of hydrogen-bond donors (Lipinski definition) is 1. The molecule has 1 aromatic heterocycles. The first-order valence-electron chi connectivity index (χ1n) is 6.21. The number of amides is 2. The van der Waals surface area contributed by atoms with E-state index in [0.717, 1.165) is 18.5 Å². The van der Waals surface area contributed by atoms with Gasteiger partial charge in [0.15, 0.2) is 0 Å². The van der Waals surface area contributed by atoms with Crippen LogP contribution in [0.3, 0.4) is 0 Å². The van der Waals surface area contributed by atoms with Crippen molar-refractivity contribution in [3.05, 3.63) is 30.1 Å². The zero-order valence-corrected chi connectivity index (χ0v) is 10.4. The SMILES string of the molecule is CCNC(=O)N(C1CC1)C(C)c1ccccn1. The maximum absolute atomic E-state index is 12.0. The summed E-state index contributed by atoms with van der Waals surface area (Å²) in [6.07, 6.45) is 3.98. The van der Waals surface area contributed by atoms with Crippen molar-refractivity contribution in [3.8, 4) is 0 Å². The lowest BCUT2D eigenvalue weighted by atomic mass is 10.2. The average Bonchev–Trinajstić information content (AvgIpc) is 3.15. The molecule has 0 aromatic carbocycles. The fraction of sp³-hybridized carbons (Fsp3) is 0.538. The molecule has 0 spiro atoms. The van der Waals surface area contributed by atoms with Crippen molar-refractivity contribution < 1.29 is 4.79 Å². The maximum atomic E-state index is 12.0. The van der Waals surface area contributed by atoms with Crippen molar-refractivity contribution in [2.45, 2.75) is 38.8 Å². The number of nitrogens with zero attached hydrogens (tertiary/aromatic N) is 2. The molecular weight excluding hydrogens is 214 g/mol. The van der Waals surface area contributed by atoms with Gasteiger partial charge in [0.2, 0.25) is 0 Å². The van der Waals surface area contributed by atoms with Crippen LogP contribution in [0.1, 0.15) is 38.4 Å². The lowest BCUT2D eigenvalue weighted by Crippen LogP contribution is -2.42. The molecule has 0 aliphatic heterocycles. The van der Waals surface area contributed by atoms with Gasteiger partial charge >= 0.3 is 6.03 Å². The number of carbonyl (C=O) groups excluding carboxylic acids is 1. The number of carbonyl (C=O) groups is 1. The van der Waals surface area contributed by atoms with Crippen molar-refractivity contribution in [1.82, 2.24) is 15.2 Å². The van der Waals surface area contributed by atoms with Gasteiger partial charge in [-0.05, 0) is 38.8 Å². The summed E-state index contributed by atoms with van der Waals surface area (Å²) in [5, 5.41) is 2.88. The summed E-state index contributed by atoms with van der Waals surface area (Å²) in [6.45, 7) is 4.64. The van der Waals surface area contributed by atoms with Gasteiger partial charge in [0.25, 0.3) is 0 Å². The fourth-order valence-corrected chi connectivity index (χ4v) is 2.02. The van der Waals surface area contributed by atoms with E-state index in [-0.39, 0.29) is 12.1 Å². The Balaban J connectivity index is 2.13. The molecule has 1 aromatic rings. The molecule has 92 valence electrons. The van der Waals surface area contributed by atoms with Gasteiger partial charge in [-0.2, -0.15) is 0 Å². The van der Waals surface area contributed by atoms with E-state index in [0.29, 0.717) is 12.6 Å². The van der Waals surface area contributed by atoms with E-state index >= 15 is 0 Å². The van der Waals surface area contributed by atoms with E-state index in [1.54, 1.807) is 6.20 Å². The van der Waals surface area contributed by atoms with Gasteiger partial charge in [-0.25, -0.2) is 4.79 Å². The topological polar surface area (TPSA) is 45.2 Å². The lowest BCUT2D eigenvalue weighted by Gasteiger charge is -2.28. The highest BCUT2D eigenvalue weighted by molar-refractivity contribution is 5.75. The normalized spacial score (nSPS) is 16.4. The molecule has 2 amide bonds. The molecule has 0 saturated heterocycles. The van der Waals surface area contributed by atoms with Crippen LogP contribution in [-0.4, -0.2) is 28.5 Å². The Hall–Kier alpha value is -1.58. The second-order valence-corrected chi connectivity index (χ2v) is 4.40. The molecule has 1 N–H and O–H groups in total. The number of aromatic nitrogens is 1. The predicted molar refractivity (Wildman–Crippen MR) is 66.6 cm³/mol. The van der Waals surface area contributed by atoms with Gasteiger partial charge < -0.3 is 10.2 Å². The summed E-state index contributed by atoms with van der Waals surface area (Å²) >= 11 is 0. The van der Waals surface area contributed by atoms with E-state index in [1.165, 1.54) is 0 Å². The molecule has 4 nitrogen and oxygen atoms in total. The molecule has 0 bridgehead atoms. The van der Waals surface area contributed by atoms with E-state index in [2.05, 4.69) is 10.3 Å². The molecule has 17 heavy (non-hydrogen) atoms. The van der Waals surface area contributed by atoms with Crippen LogP contribution in [0.2, 0.25) is 0 Å². The van der Waals surface area contributed by atoms with Gasteiger partial charge in [-0.15, -0.1) is 0 Å². The van der Waals surface area contributed by atoms with Gasteiger partial charge in [0.1, 0.15) is 0 Å². The zero-order chi connectivity index (χ0) is 12.3. The molecule has 1 atom stereocenters. The van der Waals surface area contributed by atoms with Crippen LogP contribution < -0.4 is 5.32 Å². The Morgan fingerprint density at radius 1 is 1.59 bits per heavy atom. The van der Waals surface area contributed by atoms with Crippen molar-refractivity contribution in [2.24, 2.45) is 0 Å². The van der Waals surface area contributed by atoms with Crippen molar-refractivity contribution >= 4 is 6.03 Å². The summed E-state index contributed by atoms with van der Waals surface area (Å²) in [6, 6.07) is 6.27. The van der Waals surface area contributed by atoms with Gasteiger partial charge in [-0.1, -0.05) is 6.07 Å². The summed E-state index contributed by atoms with van der Waals surface area (Å²) in [4.78, 5) is 18.3. The molecule has 1 saturated carbocycles. The third-order valence-electron chi connectivity index (χ3n) is 3.04. The van der Waals surface area contributed by atoms with E-state index in [9.17, 15) is 4.79 Å². The minimum Gasteiger partial charge on any atom is -0.338 e. The van der Waals surface area contributed by atoms with Crippen LogP contribution >= 0.6 is 0 Å². The van der Waals surface area contributed by atoms with E-state index in [4.69, 9.17) is 0 Å². The van der Waals surface area contributed by atoms with Crippen LogP contribution in [0.5, 0.6) is 0 Å². The average molecular weight is 233 g/mol. The molecule has 1 aliphatic carbocycles. The van der Waals surface area contributed by atoms with E-state index < -0.39 is 0 Å². The van der Waals surface area contributed by atoms with E-state index in [1.807, 2.05) is 36.9 Å². The maximum Gasteiger partial charge on any atom is 0.318 e. The van der Waals surface area contributed by atoms with Gasteiger partial charge in [0.05, 0.1) is 11.7 Å². The number of pyridine rings is 1. The van der Waals surface area contributed by atoms with Crippen LogP contribution in [0.25, 0.3) is 0 Å². The first kappa shape index (κ1) is 11.9. The summed E-state index contributed by atoms with van der Waals surface area (Å²) in [7, 11) is 0. The number of rotatable bonds is 4. The monoisotopic (exact) mass is 233 g/mol. The standard InChI is InChI=1S/C13H19N3O/c1-3-14-13(17)16(11-7-8-11)10(2)12-6-4-5-9-15-12/h4-6,9-11H,3,7-8H2,1-2H3,(H,14,17). The highest BCUT2D eigenvalue weighted by Crippen LogP contribution is 2.33. The van der Waals surface area contributed by atoms with Gasteiger partial charge in [0, 0.05) is 18.8 Å². The molecule has 1 heterocycles. The first-order valence-corrected chi connectivity index (χ1v) is 6.21. The summed E-state index contributed by atoms with van der Waals surface area (Å²) < 4.78 is 0. The Labute approximate surface area is 102 Å². The fourth-order valence-electron chi connectivity index (χ4n) is 2.02. The zero-order valence-electron chi connectivity index (χ0n) is 10.4. The molecular formula is C13H19N3O. The summed E-state index contributed by atoms with van der Waals surface area (Å²) in [5.74, 6) is 0. The largest absolute Gasteiger partial charge is 0.338 e. The second kappa shape index (κ2) is 5.17. The first-order chi connectivity index (χ1) is 8.24. The predicted octanol–water partition coefficient (Wildman–Crippen LogP) is 2.34. The Bertz CT molecular complexity index is 376. The molecule has 1 aliphatic rings. The molecule has 4 heteroatoms. The van der Waals surface area contributed by atoms with Crippen LogP contribution in [-0.2, 0) is 0 Å². The number of hydrogen-bond acceptors (Lipinski definition) is 2. The Kier molecular flexibility index (Phi) is 3.61. The molecule has 0 radical (unpaired) electrons. The number of nitrogens with one attached hydrogen (secondary N) is 1. The quantitative estimate of drug-likeness (QED) is 0.867. The highest BCUT2D eigenvalue weighted by Gasteiger charge is 2.36. The molecule has 1 unspecified atom stereocenters. The third-order valence-corrected chi connectivity index (χ3v) is 3.04. The van der Waals surface area contributed by atoms with Gasteiger partial charge in [-0.3, -0.25) is 4.98 Å². The third kappa shape index (κ3) is 2.75. The smallest absolute Gasteiger partial charge is 0.318 e. The minimum atomic E-state index is 0.0214. The highest BCUT2D eigenvalue weighted by atomic mass is 16.2. The minimum absolute atomic E-state index is 0.0214. The van der Waals surface area contributed by atoms with Crippen LogP contribution in [0.15, 0.2) is 24.4 Å². The Morgan fingerprint density at radius 3 is 2.88 bits per heavy atom. The second-order valence-electron chi connectivity index (χ2n) is 4.40. The number of urea groups is 1. The van der Waals surface area contributed by atoms with Crippen molar-refractivity contribution in [1.29, 1.82) is 0 Å². The van der Waals surface area contributed by atoms with Crippen molar-refractivity contribution in [2.75, 3.05) is 6.54 Å². The molecule has 1 fully saturated rings. The Morgan fingerprint density at radius 2 is 2.35 bits per heavy atom. The summed E-state index contributed by atoms with van der Waals surface area (Å²) in [5.41, 5.74) is 0.950. The lowest BCUT2D eigenvalue weighted by molar-refractivity contribution is 0.174. The molecule has 2 rings (SSSR count). The van der Waals surface area contributed by atoms with Crippen LogP contribution in [0.4, 0.5) is 4.79 Å². The van der Waals surface area contributed by atoms with Crippen LogP contribution in [0, 0.1) is 0 Å².